The van der Waals surface area contributed by atoms with Crippen LogP contribution in [0, 0.1) is 16.1 Å². The maximum atomic E-state index is 11.8. The third-order valence-electron chi connectivity index (χ3n) is 3.78. The van der Waals surface area contributed by atoms with Gasteiger partial charge in [0.15, 0.2) is 5.69 Å². The van der Waals surface area contributed by atoms with Crippen LogP contribution < -0.4 is 4.90 Å². The van der Waals surface area contributed by atoms with E-state index < -0.39 is 9.73 Å². The van der Waals surface area contributed by atoms with Crippen molar-refractivity contribution in [2.24, 2.45) is 0 Å². The van der Waals surface area contributed by atoms with Gasteiger partial charge in [-0.3, -0.25) is 0 Å². The zero-order chi connectivity index (χ0) is 18.2. The molecule has 1 atom stereocenters. The highest BCUT2D eigenvalue weighted by Gasteiger charge is 2.18. The van der Waals surface area contributed by atoms with Gasteiger partial charge in [0.25, 0.3) is 5.78 Å². The number of anilines is 1. The monoisotopic (exact) mass is 355 g/mol. The molecule has 0 aliphatic heterocycles. The normalized spacial score (nSPS) is 13.4. The Morgan fingerprint density at radius 3 is 2.56 bits per heavy atom. The maximum absolute atomic E-state index is 11.8. The third-order valence-corrected chi connectivity index (χ3v) is 4.95. The van der Waals surface area contributed by atoms with Gasteiger partial charge in [0.2, 0.25) is 0 Å². The van der Waals surface area contributed by atoms with Gasteiger partial charge in [-0.05, 0) is 17.7 Å². The van der Waals surface area contributed by atoms with Crippen molar-refractivity contribution in [2.45, 2.75) is 11.3 Å². The van der Waals surface area contributed by atoms with Gasteiger partial charge in [-0.1, -0.05) is 12.1 Å². The molecule has 9 heteroatoms. The fraction of sp³-hybridized carbons (Fsp3) is 0.250. The quantitative estimate of drug-likeness (QED) is 0.762. The van der Waals surface area contributed by atoms with Crippen LogP contribution in [0.4, 0.5) is 5.82 Å². The molecule has 0 aliphatic rings. The van der Waals surface area contributed by atoms with Crippen molar-refractivity contribution in [1.29, 1.82) is 10.0 Å². The lowest BCUT2D eigenvalue weighted by molar-refractivity contribution is 0.679. The lowest BCUT2D eigenvalue weighted by Gasteiger charge is -2.19. The van der Waals surface area contributed by atoms with E-state index in [9.17, 15) is 9.47 Å². The Morgan fingerprint density at radius 2 is 2.00 bits per heavy atom. The lowest BCUT2D eigenvalue weighted by Crippen LogP contribution is -2.18. The van der Waals surface area contributed by atoms with Crippen LogP contribution in [0.5, 0.6) is 0 Å². The molecular weight excluding hydrogens is 338 g/mol. The number of benzene rings is 1. The van der Waals surface area contributed by atoms with Crippen LogP contribution in [0.2, 0.25) is 0 Å². The Labute approximate surface area is 145 Å². The van der Waals surface area contributed by atoms with E-state index in [4.69, 9.17) is 4.78 Å². The molecular formula is C16H17N7OS. The standard InChI is InChI=1S/C16H17N7OS/c1-22(2)15-13(14(9-17)21-16-19-10-20-23(15)16)8-11-4-6-12(7-5-11)25(3,18)24/h4-7,10,18H,8H2,1-3H3. The van der Waals surface area contributed by atoms with Crippen LogP contribution in [0.25, 0.3) is 5.78 Å². The molecule has 0 spiro atoms. The van der Waals surface area contributed by atoms with Crippen LogP contribution in [0.1, 0.15) is 16.8 Å². The first-order chi connectivity index (χ1) is 11.8. The van der Waals surface area contributed by atoms with E-state index in [1.54, 1.807) is 16.6 Å². The zero-order valence-corrected chi connectivity index (χ0v) is 14.9. The Kier molecular flexibility index (Phi) is 4.14. The van der Waals surface area contributed by atoms with Crippen molar-refractivity contribution >= 4 is 21.3 Å². The van der Waals surface area contributed by atoms with Crippen LogP contribution >= 0.6 is 0 Å². The van der Waals surface area contributed by atoms with Crippen molar-refractivity contribution in [3.63, 3.8) is 0 Å². The van der Waals surface area contributed by atoms with Gasteiger partial charge in [0, 0.05) is 37.2 Å². The molecule has 0 saturated carbocycles. The highest BCUT2D eigenvalue weighted by molar-refractivity contribution is 7.91. The Balaban J connectivity index is 2.12. The SMILES string of the molecule is CN(C)c1c(Cc2ccc(S(C)(=N)=O)cc2)c(C#N)nc2ncnn12. The second-order valence-electron chi connectivity index (χ2n) is 5.91. The minimum absolute atomic E-state index is 0.299. The summed E-state index contributed by atoms with van der Waals surface area (Å²) in [6.45, 7) is 0. The van der Waals surface area contributed by atoms with Gasteiger partial charge in [-0.2, -0.15) is 24.8 Å². The van der Waals surface area contributed by atoms with Gasteiger partial charge in [0.05, 0.1) is 9.73 Å². The molecule has 25 heavy (non-hydrogen) atoms. The number of nitrogens with zero attached hydrogens (tertiary/aromatic N) is 6. The molecule has 1 unspecified atom stereocenters. The van der Waals surface area contributed by atoms with Crippen LogP contribution in [-0.2, 0) is 16.1 Å². The molecule has 128 valence electrons. The molecule has 2 heterocycles. The summed E-state index contributed by atoms with van der Waals surface area (Å²) < 4.78 is 21.1. The number of rotatable bonds is 4. The van der Waals surface area contributed by atoms with Gasteiger partial charge < -0.3 is 4.90 Å². The summed E-state index contributed by atoms with van der Waals surface area (Å²) in [6.07, 6.45) is 3.26. The number of aromatic nitrogens is 4. The second kappa shape index (κ2) is 6.14. The smallest absolute Gasteiger partial charge is 0.255 e. The van der Waals surface area contributed by atoms with Crippen molar-refractivity contribution < 1.29 is 4.21 Å². The predicted octanol–water partition coefficient (Wildman–Crippen LogP) is 1.69. The van der Waals surface area contributed by atoms with Crippen LogP contribution in [-0.4, -0.2) is 44.1 Å². The van der Waals surface area contributed by atoms with Crippen molar-refractivity contribution in [3.05, 3.63) is 47.4 Å². The average molecular weight is 355 g/mol. The fourth-order valence-corrected chi connectivity index (χ4v) is 3.30. The molecule has 0 aliphatic carbocycles. The molecule has 1 aromatic carbocycles. The summed E-state index contributed by atoms with van der Waals surface area (Å²) in [7, 11) is 1.000. The largest absolute Gasteiger partial charge is 0.362 e. The third kappa shape index (κ3) is 3.16. The van der Waals surface area contributed by atoms with E-state index >= 15 is 0 Å². The highest BCUT2D eigenvalue weighted by atomic mass is 32.2. The number of hydrogen-bond donors (Lipinski definition) is 1. The Hall–Kier alpha value is -2.99. The number of nitriles is 1. The van der Waals surface area contributed by atoms with E-state index in [0.29, 0.717) is 22.8 Å². The summed E-state index contributed by atoms with van der Waals surface area (Å²) >= 11 is 0. The van der Waals surface area contributed by atoms with Gasteiger partial charge >= 0.3 is 0 Å². The first-order valence-corrected chi connectivity index (χ1v) is 9.40. The number of fused-ring (bicyclic) bond motifs is 1. The molecule has 0 fully saturated rings. The molecule has 0 bridgehead atoms. The molecule has 3 aromatic rings. The second-order valence-corrected chi connectivity index (χ2v) is 8.06. The molecule has 3 rings (SSSR count). The van der Waals surface area contributed by atoms with Crippen molar-refractivity contribution in [2.75, 3.05) is 25.3 Å². The first kappa shape index (κ1) is 16.9. The molecule has 0 saturated heterocycles. The average Bonchev–Trinajstić information content (AvgIpc) is 3.01. The summed E-state index contributed by atoms with van der Waals surface area (Å²) in [5.74, 6) is 1.11. The number of hydrogen-bond acceptors (Lipinski definition) is 7. The van der Waals surface area contributed by atoms with Gasteiger partial charge in [-0.15, -0.1) is 0 Å². The summed E-state index contributed by atoms with van der Waals surface area (Å²) in [5.41, 5.74) is 1.96. The van der Waals surface area contributed by atoms with E-state index in [1.165, 1.54) is 12.6 Å². The molecule has 8 nitrogen and oxygen atoms in total. The summed E-state index contributed by atoms with van der Waals surface area (Å²) in [5, 5.41) is 13.7. The maximum Gasteiger partial charge on any atom is 0.255 e. The molecule has 0 amide bonds. The molecule has 0 radical (unpaired) electrons. The van der Waals surface area contributed by atoms with Gasteiger partial charge in [-0.25, -0.2) is 8.99 Å². The van der Waals surface area contributed by atoms with Crippen molar-refractivity contribution in [1.82, 2.24) is 19.6 Å². The fourth-order valence-electron chi connectivity index (χ4n) is 2.65. The minimum Gasteiger partial charge on any atom is -0.362 e. The topological polar surface area (TPSA) is 111 Å². The lowest BCUT2D eigenvalue weighted by atomic mass is 10.0. The van der Waals surface area contributed by atoms with E-state index in [-0.39, 0.29) is 0 Å². The first-order valence-electron chi connectivity index (χ1n) is 7.44. The van der Waals surface area contributed by atoms with Crippen LogP contribution in [0.15, 0.2) is 35.5 Å². The number of nitrogens with one attached hydrogen (secondary N) is 1. The minimum atomic E-state index is -2.74. The Morgan fingerprint density at radius 1 is 1.32 bits per heavy atom. The highest BCUT2D eigenvalue weighted by Crippen LogP contribution is 2.25. The van der Waals surface area contributed by atoms with Crippen LogP contribution in [0.3, 0.4) is 0 Å². The summed E-state index contributed by atoms with van der Waals surface area (Å²) in [4.78, 5) is 10.7. The molecule has 2 aromatic heterocycles. The van der Waals surface area contributed by atoms with E-state index in [2.05, 4.69) is 21.1 Å². The Bertz CT molecular complexity index is 1080. The molecule has 1 N–H and O–H groups in total. The predicted molar refractivity (Wildman–Crippen MR) is 94.1 cm³/mol. The van der Waals surface area contributed by atoms with E-state index in [0.717, 1.165) is 16.9 Å². The summed E-state index contributed by atoms with van der Waals surface area (Å²) in [6, 6.07) is 9.15. The zero-order valence-electron chi connectivity index (χ0n) is 14.1. The van der Waals surface area contributed by atoms with E-state index in [1.807, 2.05) is 31.1 Å². The van der Waals surface area contributed by atoms with Crippen molar-refractivity contribution in [3.8, 4) is 6.07 Å². The van der Waals surface area contributed by atoms with Gasteiger partial charge in [0.1, 0.15) is 18.2 Å².